The van der Waals surface area contributed by atoms with Crippen molar-refractivity contribution in [1.82, 2.24) is 9.62 Å². The predicted octanol–water partition coefficient (Wildman–Crippen LogP) is 0.189. The molecule has 0 bridgehead atoms. The van der Waals surface area contributed by atoms with E-state index >= 15 is 0 Å². The van der Waals surface area contributed by atoms with Crippen LogP contribution >= 0.6 is 0 Å². The maximum atomic E-state index is 12.3. The number of benzene rings is 1. The van der Waals surface area contributed by atoms with E-state index in [9.17, 15) is 18.5 Å². The molecule has 1 saturated heterocycles. The highest BCUT2D eigenvalue weighted by atomic mass is 32.2. The fourth-order valence-corrected chi connectivity index (χ4v) is 3.45. The van der Waals surface area contributed by atoms with Gasteiger partial charge in [0.05, 0.1) is 4.92 Å². The smallest absolute Gasteiger partial charge is 0.289 e. The Labute approximate surface area is 105 Å². The molecule has 0 unspecified atom stereocenters. The van der Waals surface area contributed by atoms with E-state index in [2.05, 4.69) is 5.32 Å². The van der Waals surface area contributed by atoms with Gasteiger partial charge in [-0.15, -0.1) is 0 Å². The van der Waals surface area contributed by atoms with Gasteiger partial charge in [0.25, 0.3) is 5.69 Å². The van der Waals surface area contributed by atoms with Gasteiger partial charge >= 0.3 is 0 Å². The van der Waals surface area contributed by atoms with Gasteiger partial charge in [-0.3, -0.25) is 10.1 Å². The molecule has 0 radical (unpaired) electrons. The molecule has 0 amide bonds. The Morgan fingerprint density at radius 2 is 1.83 bits per heavy atom. The fourth-order valence-electron chi connectivity index (χ4n) is 1.85. The van der Waals surface area contributed by atoms with Crippen molar-refractivity contribution in [1.29, 1.82) is 0 Å². The van der Waals surface area contributed by atoms with Crippen LogP contribution in [-0.4, -0.2) is 43.8 Å². The molecular weight excluding hydrogens is 258 g/mol. The maximum Gasteiger partial charge on any atom is 0.289 e. The van der Waals surface area contributed by atoms with Crippen LogP contribution in [0.2, 0.25) is 0 Å². The lowest BCUT2D eigenvalue weighted by atomic mass is 10.3. The molecule has 7 nitrogen and oxygen atoms in total. The van der Waals surface area contributed by atoms with E-state index in [1.165, 1.54) is 28.6 Å². The van der Waals surface area contributed by atoms with Gasteiger partial charge in [-0.1, -0.05) is 12.1 Å². The molecule has 1 aromatic rings. The Kier molecular flexibility index (Phi) is 3.60. The standard InChI is InChI=1S/C10H13N3O4S/c14-13(15)9-3-1-2-4-10(9)18(16,17)12-7-5-11-6-8-12/h1-4,11H,5-8H2. The molecule has 1 fully saturated rings. The van der Waals surface area contributed by atoms with Gasteiger partial charge in [-0.2, -0.15) is 4.31 Å². The Morgan fingerprint density at radius 3 is 2.44 bits per heavy atom. The lowest BCUT2D eigenvalue weighted by Gasteiger charge is -2.26. The first kappa shape index (κ1) is 12.9. The molecule has 8 heteroatoms. The molecule has 0 saturated carbocycles. The Bertz CT molecular complexity index is 552. The monoisotopic (exact) mass is 271 g/mol. The van der Waals surface area contributed by atoms with Crippen LogP contribution < -0.4 is 5.32 Å². The molecule has 0 spiro atoms. The molecule has 1 aromatic carbocycles. The van der Waals surface area contributed by atoms with Crippen molar-refractivity contribution in [3.05, 3.63) is 34.4 Å². The van der Waals surface area contributed by atoms with Crippen LogP contribution in [-0.2, 0) is 10.0 Å². The third kappa shape index (κ3) is 2.35. The second-order valence-corrected chi connectivity index (χ2v) is 5.79. The van der Waals surface area contributed by atoms with E-state index in [0.717, 1.165) is 0 Å². The van der Waals surface area contributed by atoms with E-state index in [1.54, 1.807) is 0 Å². The van der Waals surface area contributed by atoms with Crippen LogP contribution in [0.3, 0.4) is 0 Å². The minimum Gasteiger partial charge on any atom is -0.314 e. The highest BCUT2D eigenvalue weighted by Crippen LogP contribution is 2.26. The summed E-state index contributed by atoms with van der Waals surface area (Å²) in [5, 5.41) is 13.9. The van der Waals surface area contributed by atoms with Crippen LogP contribution in [0.25, 0.3) is 0 Å². The lowest BCUT2D eigenvalue weighted by molar-refractivity contribution is -0.387. The fraction of sp³-hybridized carbons (Fsp3) is 0.400. The summed E-state index contributed by atoms with van der Waals surface area (Å²) >= 11 is 0. The number of nitrogens with zero attached hydrogens (tertiary/aromatic N) is 2. The molecule has 0 aromatic heterocycles. The molecule has 18 heavy (non-hydrogen) atoms. The summed E-state index contributed by atoms with van der Waals surface area (Å²) in [4.78, 5) is 9.95. The summed E-state index contributed by atoms with van der Waals surface area (Å²) in [6.07, 6.45) is 0. The van der Waals surface area contributed by atoms with Gasteiger partial charge in [0.2, 0.25) is 10.0 Å². The quantitative estimate of drug-likeness (QED) is 0.625. The SMILES string of the molecule is O=[N+]([O-])c1ccccc1S(=O)(=O)N1CCNCC1. The predicted molar refractivity (Wildman–Crippen MR) is 64.7 cm³/mol. The topological polar surface area (TPSA) is 92.5 Å². The summed E-state index contributed by atoms with van der Waals surface area (Å²) in [7, 11) is -3.79. The molecule has 0 atom stereocenters. The van der Waals surface area contributed by atoms with Crippen molar-refractivity contribution >= 4 is 15.7 Å². The molecular formula is C10H13N3O4S. The first-order valence-corrected chi connectivity index (χ1v) is 6.92. The van der Waals surface area contributed by atoms with E-state index in [4.69, 9.17) is 0 Å². The van der Waals surface area contributed by atoms with Crippen LogP contribution in [0.1, 0.15) is 0 Å². The maximum absolute atomic E-state index is 12.3. The minimum absolute atomic E-state index is 0.239. The molecule has 1 heterocycles. The summed E-state index contributed by atoms with van der Waals surface area (Å²) in [6, 6.07) is 5.42. The summed E-state index contributed by atoms with van der Waals surface area (Å²) in [6.45, 7) is 1.77. The number of nitro groups is 1. The van der Waals surface area contributed by atoms with Gasteiger partial charge < -0.3 is 5.32 Å². The average Bonchev–Trinajstić information content (AvgIpc) is 2.39. The minimum atomic E-state index is -3.79. The van der Waals surface area contributed by atoms with E-state index in [0.29, 0.717) is 26.2 Å². The number of para-hydroxylation sites is 1. The number of rotatable bonds is 3. The zero-order chi connectivity index (χ0) is 13.2. The lowest BCUT2D eigenvalue weighted by Crippen LogP contribution is -2.46. The molecule has 1 N–H and O–H groups in total. The Morgan fingerprint density at radius 1 is 1.22 bits per heavy atom. The number of nitro benzene ring substituents is 1. The van der Waals surface area contributed by atoms with E-state index < -0.39 is 14.9 Å². The van der Waals surface area contributed by atoms with Crippen LogP contribution in [0.15, 0.2) is 29.2 Å². The molecule has 98 valence electrons. The zero-order valence-corrected chi connectivity index (χ0v) is 10.4. The third-order valence-electron chi connectivity index (χ3n) is 2.76. The first-order chi connectivity index (χ1) is 8.53. The molecule has 2 rings (SSSR count). The second kappa shape index (κ2) is 5.01. The Hall–Kier alpha value is -1.51. The van der Waals surface area contributed by atoms with Crippen LogP contribution in [0, 0.1) is 10.1 Å². The van der Waals surface area contributed by atoms with Gasteiger partial charge in [0.15, 0.2) is 4.90 Å². The van der Waals surface area contributed by atoms with Gasteiger partial charge in [-0.05, 0) is 6.07 Å². The third-order valence-corrected chi connectivity index (χ3v) is 4.70. The van der Waals surface area contributed by atoms with Crippen molar-refractivity contribution in [3.63, 3.8) is 0 Å². The number of nitrogens with one attached hydrogen (secondary N) is 1. The van der Waals surface area contributed by atoms with E-state index in [-0.39, 0.29) is 10.6 Å². The van der Waals surface area contributed by atoms with Crippen molar-refractivity contribution in [3.8, 4) is 0 Å². The van der Waals surface area contributed by atoms with Crippen molar-refractivity contribution in [2.45, 2.75) is 4.90 Å². The van der Waals surface area contributed by atoms with Gasteiger partial charge in [0.1, 0.15) is 0 Å². The van der Waals surface area contributed by atoms with Gasteiger partial charge in [0, 0.05) is 32.2 Å². The number of piperazine rings is 1. The first-order valence-electron chi connectivity index (χ1n) is 5.48. The molecule has 1 aliphatic heterocycles. The number of hydrogen-bond donors (Lipinski definition) is 1. The zero-order valence-electron chi connectivity index (χ0n) is 9.57. The highest BCUT2D eigenvalue weighted by Gasteiger charge is 2.31. The normalized spacial score (nSPS) is 17.6. The summed E-state index contributed by atoms with van der Waals surface area (Å²) < 4.78 is 25.9. The van der Waals surface area contributed by atoms with Crippen molar-refractivity contribution in [2.75, 3.05) is 26.2 Å². The average molecular weight is 271 g/mol. The molecule has 1 aliphatic rings. The van der Waals surface area contributed by atoms with E-state index in [1.807, 2.05) is 0 Å². The highest BCUT2D eigenvalue weighted by molar-refractivity contribution is 7.89. The molecule has 0 aliphatic carbocycles. The van der Waals surface area contributed by atoms with Crippen LogP contribution in [0.4, 0.5) is 5.69 Å². The van der Waals surface area contributed by atoms with Gasteiger partial charge in [-0.25, -0.2) is 8.42 Å². The van der Waals surface area contributed by atoms with Crippen LogP contribution in [0.5, 0.6) is 0 Å². The summed E-state index contributed by atoms with van der Waals surface area (Å²) in [5.74, 6) is 0. The summed E-state index contributed by atoms with van der Waals surface area (Å²) in [5.41, 5.74) is -0.379. The Balaban J connectivity index is 2.43. The van der Waals surface area contributed by atoms with Crippen molar-refractivity contribution in [2.24, 2.45) is 0 Å². The largest absolute Gasteiger partial charge is 0.314 e. The second-order valence-electron chi connectivity index (χ2n) is 3.88. The van der Waals surface area contributed by atoms with Crippen molar-refractivity contribution < 1.29 is 13.3 Å². The number of sulfonamides is 1. The number of hydrogen-bond acceptors (Lipinski definition) is 5.